The number of nitrogens with two attached hydrogens (primary N) is 1. The van der Waals surface area contributed by atoms with Gasteiger partial charge in [0.15, 0.2) is 0 Å². The van der Waals surface area contributed by atoms with E-state index in [1.165, 1.54) is 18.2 Å². The smallest absolute Gasteiger partial charge is 0.146 e. The fraction of sp³-hybridized carbons (Fsp3) is 0.0625. The molecule has 0 saturated carbocycles. The second-order valence-corrected chi connectivity index (χ2v) is 4.73. The Bertz CT molecular complexity index is 783. The molecule has 3 aromatic rings. The van der Waals surface area contributed by atoms with Crippen molar-refractivity contribution in [2.24, 2.45) is 7.05 Å². The number of rotatable bonds is 3. The molecule has 0 saturated heterocycles. The van der Waals surface area contributed by atoms with Crippen molar-refractivity contribution in [2.75, 3.05) is 5.73 Å². The largest absolute Gasteiger partial charge is 0.457 e. The van der Waals surface area contributed by atoms with E-state index in [2.05, 4.69) is 4.98 Å². The van der Waals surface area contributed by atoms with Crippen LogP contribution < -0.4 is 10.5 Å². The first-order chi connectivity index (χ1) is 10.1. The third kappa shape index (κ3) is 2.86. The van der Waals surface area contributed by atoms with Gasteiger partial charge < -0.3 is 15.0 Å². The lowest BCUT2D eigenvalue weighted by molar-refractivity contribution is 0.480. The van der Waals surface area contributed by atoms with E-state index in [9.17, 15) is 4.39 Å². The van der Waals surface area contributed by atoms with Crippen LogP contribution in [0.3, 0.4) is 0 Å². The zero-order valence-electron chi connectivity index (χ0n) is 11.5. The average Bonchev–Trinajstić information content (AvgIpc) is 2.90. The number of nitrogens with zero attached hydrogens (tertiary/aromatic N) is 2. The van der Waals surface area contributed by atoms with Crippen LogP contribution in [0.5, 0.6) is 11.5 Å². The molecule has 0 aliphatic carbocycles. The highest BCUT2D eigenvalue weighted by Crippen LogP contribution is 2.27. The number of aromatic nitrogens is 2. The molecule has 106 valence electrons. The summed E-state index contributed by atoms with van der Waals surface area (Å²) >= 11 is 0. The fourth-order valence-corrected chi connectivity index (χ4v) is 2.01. The maximum atomic E-state index is 13.1. The third-order valence-corrected chi connectivity index (χ3v) is 3.06. The fourth-order valence-electron chi connectivity index (χ4n) is 2.01. The van der Waals surface area contributed by atoms with Crippen molar-refractivity contribution in [3.63, 3.8) is 0 Å². The molecular weight excluding hydrogens is 269 g/mol. The van der Waals surface area contributed by atoms with Gasteiger partial charge in [-0.2, -0.15) is 0 Å². The van der Waals surface area contributed by atoms with Crippen molar-refractivity contribution in [3.05, 3.63) is 60.8 Å². The number of hydrogen-bond acceptors (Lipinski definition) is 3. The Labute approximate surface area is 121 Å². The number of benzene rings is 1. The Morgan fingerprint density at radius 1 is 1.14 bits per heavy atom. The van der Waals surface area contributed by atoms with Crippen molar-refractivity contribution in [3.8, 4) is 22.8 Å². The predicted octanol–water partition coefficient (Wildman–Crippen LogP) is 3.60. The van der Waals surface area contributed by atoms with E-state index in [-0.39, 0.29) is 5.69 Å². The Morgan fingerprint density at radius 3 is 2.67 bits per heavy atom. The molecule has 0 radical (unpaired) electrons. The predicted molar refractivity (Wildman–Crippen MR) is 79.5 cm³/mol. The van der Waals surface area contributed by atoms with Crippen LogP contribution in [0.25, 0.3) is 11.3 Å². The molecule has 0 unspecified atom stereocenters. The summed E-state index contributed by atoms with van der Waals surface area (Å²) < 4.78 is 20.8. The molecule has 0 aliphatic rings. The number of nitrogen functional groups attached to an aromatic ring is 1. The van der Waals surface area contributed by atoms with Gasteiger partial charge >= 0.3 is 0 Å². The molecule has 2 aromatic heterocycles. The number of aryl methyl sites for hydroxylation is 1. The van der Waals surface area contributed by atoms with Gasteiger partial charge in [-0.15, -0.1) is 0 Å². The summed E-state index contributed by atoms with van der Waals surface area (Å²) in [6, 6.07) is 9.82. The van der Waals surface area contributed by atoms with Crippen molar-refractivity contribution < 1.29 is 9.13 Å². The van der Waals surface area contributed by atoms with Gasteiger partial charge in [0.2, 0.25) is 0 Å². The molecule has 3 rings (SSSR count). The summed E-state index contributed by atoms with van der Waals surface area (Å²) in [6.45, 7) is 0. The van der Waals surface area contributed by atoms with Crippen LogP contribution in [-0.4, -0.2) is 9.55 Å². The van der Waals surface area contributed by atoms with E-state index in [0.717, 1.165) is 11.3 Å². The number of halogens is 1. The Hall–Kier alpha value is -2.82. The lowest BCUT2D eigenvalue weighted by Gasteiger charge is -2.07. The summed E-state index contributed by atoms with van der Waals surface area (Å²) in [5, 5.41) is 0. The van der Waals surface area contributed by atoms with Gasteiger partial charge in [0, 0.05) is 43.3 Å². The van der Waals surface area contributed by atoms with E-state index in [1.54, 1.807) is 12.3 Å². The van der Waals surface area contributed by atoms with Gasteiger partial charge in [0.1, 0.15) is 17.3 Å². The highest BCUT2D eigenvalue weighted by Gasteiger charge is 2.05. The monoisotopic (exact) mass is 283 g/mol. The lowest BCUT2D eigenvalue weighted by atomic mass is 10.2. The van der Waals surface area contributed by atoms with Crippen LogP contribution in [0.1, 0.15) is 0 Å². The molecule has 0 fully saturated rings. The van der Waals surface area contributed by atoms with Gasteiger partial charge in [0.05, 0.1) is 11.4 Å². The average molecular weight is 283 g/mol. The standard InChI is InChI=1S/C16H14FN3O/c1-20-7-5-11(10-20)16-9-13(4-6-19-16)21-12-2-3-14(17)15(18)8-12/h2-10H,18H2,1H3. The topological polar surface area (TPSA) is 53.1 Å². The van der Waals surface area contributed by atoms with E-state index < -0.39 is 5.82 Å². The molecule has 2 N–H and O–H groups in total. The summed E-state index contributed by atoms with van der Waals surface area (Å²) in [7, 11) is 1.95. The molecule has 1 aromatic carbocycles. The van der Waals surface area contributed by atoms with Crippen molar-refractivity contribution in [1.82, 2.24) is 9.55 Å². The normalized spacial score (nSPS) is 10.6. The van der Waals surface area contributed by atoms with Crippen LogP contribution >= 0.6 is 0 Å². The molecular formula is C16H14FN3O. The van der Waals surface area contributed by atoms with Crippen molar-refractivity contribution >= 4 is 5.69 Å². The minimum Gasteiger partial charge on any atom is -0.457 e. The molecule has 0 bridgehead atoms. The molecule has 4 nitrogen and oxygen atoms in total. The summed E-state index contributed by atoms with van der Waals surface area (Å²) in [6.07, 6.45) is 5.59. The van der Waals surface area contributed by atoms with Crippen LogP contribution in [0, 0.1) is 5.82 Å². The number of anilines is 1. The maximum Gasteiger partial charge on any atom is 0.146 e. The second kappa shape index (κ2) is 5.28. The van der Waals surface area contributed by atoms with Gasteiger partial charge in [-0.1, -0.05) is 0 Å². The van der Waals surface area contributed by atoms with Gasteiger partial charge in [-0.25, -0.2) is 4.39 Å². The Balaban J connectivity index is 1.87. The van der Waals surface area contributed by atoms with Crippen LogP contribution in [0.2, 0.25) is 0 Å². The summed E-state index contributed by atoms with van der Waals surface area (Å²) in [5.74, 6) is 0.649. The third-order valence-electron chi connectivity index (χ3n) is 3.06. The maximum absolute atomic E-state index is 13.1. The Kier molecular flexibility index (Phi) is 3.31. The molecule has 2 heterocycles. The van der Waals surface area contributed by atoms with Crippen LogP contribution in [0.4, 0.5) is 10.1 Å². The van der Waals surface area contributed by atoms with Gasteiger partial charge in [0.25, 0.3) is 0 Å². The first-order valence-electron chi connectivity index (χ1n) is 6.43. The molecule has 0 atom stereocenters. The molecule has 5 heteroatoms. The lowest BCUT2D eigenvalue weighted by Crippen LogP contribution is -1.92. The second-order valence-electron chi connectivity index (χ2n) is 4.73. The zero-order chi connectivity index (χ0) is 14.8. The SMILES string of the molecule is Cn1ccc(-c2cc(Oc3ccc(F)c(N)c3)ccn2)c1. The molecule has 0 amide bonds. The van der Waals surface area contributed by atoms with Gasteiger partial charge in [-0.3, -0.25) is 4.98 Å². The van der Waals surface area contributed by atoms with E-state index in [4.69, 9.17) is 10.5 Å². The quantitative estimate of drug-likeness (QED) is 0.747. The first kappa shape index (κ1) is 13.2. The number of pyridine rings is 1. The minimum absolute atomic E-state index is 0.0600. The molecule has 0 aliphatic heterocycles. The first-order valence-corrected chi connectivity index (χ1v) is 6.43. The van der Waals surface area contributed by atoms with Crippen LogP contribution in [-0.2, 0) is 7.05 Å². The minimum atomic E-state index is -0.456. The Morgan fingerprint density at radius 2 is 1.95 bits per heavy atom. The van der Waals surface area contributed by atoms with Crippen molar-refractivity contribution in [2.45, 2.75) is 0 Å². The number of ether oxygens (including phenoxy) is 1. The van der Waals surface area contributed by atoms with Crippen LogP contribution in [0.15, 0.2) is 55.0 Å². The van der Waals surface area contributed by atoms with E-state index in [1.807, 2.05) is 36.1 Å². The number of hydrogen-bond donors (Lipinski definition) is 1. The highest BCUT2D eigenvalue weighted by atomic mass is 19.1. The zero-order valence-corrected chi connectivity index (χ0v) is 11.5. The van der Waals surface area contributed by atoms with Crippen molar-refractivity contribution in [1.29, 1.82) is 0 Å². The van der Waals surface area contributed by atoms with E-state index in [0.29, 0.717) is 11.5 Å². The highest BCUT2D eigenvalue weighted by molar-refractivity contribution is 5.60. The van der Waals surface area contributed by atoms with Gasteiger partial charge in [-0.05, 0) is 24.3 Å². The van der Waals surface area contributed by atoms with E-state index >= 15 is 0 Å². The molecule has 0 spiro atoms. The summed E-state index contributed by atoms with van der Waals surface area (Å²) in [5.41, 5.74) is 7.40. The molecule has 21 heavy (non-hydrogen) atoms. The summed E-state index contributed by atoms with van der Waals surface area (Å²) in [4.78, 5) is 4.32.